The van der Waals surface area contributed by atoms with Gasteiger partial charge in [-0.25, -0.2) is 8.78 Å². The highest BCUT2D eigenvalue weighted by Crippen LogP contribution is 2.14. The largest absolute Gasteiger partial charge is 0.489 e. The molecule has 6 heteroatoms. The van der Waals surface area contributed by atoms with E-state index in [1.807, 2.05) is 0 Å². The molecule has 0 unspecified atom stereocenters. The van der Waals surface area contributed by atoms with Crippen molar-refractivity contribution >= 4 is 12.6 Å². The highest BCUT2D eigenvalue weighted by Gasteiger charge is 2.13. The van der Waals surface area contributed by atoms with Crippen molar-refractivity contribution in [1.82, 2.24) is 0 Å². The first kappa shape index (κ1) is 13.5. The molecular weight excluding hydrogens is 253 g/mol. The Morgan fingerprint density at radius 2 is 1.68 bits per heavy atom. The zero-order valence-electron chi connectivity index (χ0n) is 9.88. The summed E-state index contributed by atoms with van der Waals surface area (Å²) in [6, 6.07) is 9.23. The maximum atomic E-state index is 13.6. The molecule has 0 saturated carbocycles. The van der Waals surface area contributed by atoms with Crippen LogP contribution in [0.1, 0.15) is 5.56 Å². The van der Waals surface area contributed by atoms with Crippen LogP contribution in [0.25, 0.3) is 0 Å². The van der Waals surface area contributed by atoms with E-state index in [1.54, 1.807) is 0 Å². The molecule has 0 atom stereocenters. The van der Waals surface area contributed by atoms with Crippen LogP contribution in [-0.4, -0.2) is 17.2 Å². The highest BCUT2D eigenvalue weighted by atomic mass is 19.1. The number of hydrogen-bond donors (Lipinski definition) is 2. The summed E-state index contributed by atoms with van der Waals surface area (Å²) >= 11 is 0. The average Bonchev–Trinajstić information content (AvgIpc) is 2.39. The van der Waals surface area contributed by atoms with Gasteiger partial charge in [-0.1, -0.05) is 12.1 Å². The maximum Gasteiger partial charge on any atom is 0.488 e. The zero-order valence-corrected chi connectivity index (χ0v) is 9.88. The second kappa shape index (κ2) is 5.82. The zero-order chi connectivity index (χ0) is 13.8. The number of hydrogen-bond acceptors (Lipinski definition) is 3. The quantitative estimate of drug-likeness (QED) is 0.816. The molecule has 0 spiro atoms. The van der Waals surface area contributed by atoms with Gasteiger partial charge in [-0.2, -0.15) is 0 Å². The van der Waals surface area contributed by atoms with Gasteiger partial charge in [0.05, 0.1) is 0 Å². The lowest BCUT2D eigenvalue weighted by atomic mass is 9.80. The van der Waals surface area contributed by atoms with Gasteiger partial charge in [0.1, 0.15) is 24.0 Å². The lowest BCUT2D eigenvalue weighted by molar-refractivity contribution is 0.299. The summed E-state index contributed by atoms with van der Waals surface area (Å²) < 4.78 is 31.6. The molecule has 0 heterocycles. The molecule has 0 aromatic heterocycles. The summed E-state index contributed by atoms with van der Waals surface area (Å²) in [4.78, 5) is 0. The summed E-state index contributed by atoms with van der Waals surface area (Å²) in [7, 11) is -1.71. The van der Waals surface area contributed by atoms with Gasteiger partial charge < -0.3 is 14.8 Å². The Kier molecular flexibility index (Phi) is 4.14. The third-order valence-electron chi connectivity index (χ3n) is 2.58. The van der Waals surface area contributed by atoms with Crippen LogP contribution in [0, 0.1) is 11.6 Å². The molecule has 19 heavy (non-hydrogen) atoms. The van der Waals surface area contributed by atoms with Gasteiger partial charge in [0.15, 0.2) is 0 Å². The Labute approximate surface area is 109 Å². The number of halogens is 2. The summed E-state index contributed by atoms with van der Waals surface area (Å²) in [5, 5.41) is 17.8. The Hall–Kier alpha value is -1.92. The Morgan fingerprint density at radius 1 is 1.00 bits per heavy atom. The van der Waals surface area contributed by atoms with Crippen molar-refractivity contribution in [2.75, 3.05) is 0 Å². The Morgan fingerprint density at radius 3 is 2.26 bits per heavy atom. The van der Waals surface area contributed by atoms with Gasteiger partial charge in [-0.3, -0.25) is 0 Å². The summed E-state index contributed by atoms with van der Waals surface area (Å²) in [5.74, 6) is -0.542. The minimum absolute atomic E-state index is 0.0285. The SMILES string of the molecule is OB(O)c1ccc(COc2ccc(F)cc2)c(F)c1. The Bertz CT molecular complexity index is 558. The highest BCUT2D eigenvalue weighted by molar-refractivity contribution is 6.58. The fraction of sp³-hybridized carbons (Fsp3) is 0.0769. The van der Waals surface area contributed by atoms with E-state index in [-0.39, 0.29) is 23.5 Å². The van der Waals surface area contributed by atoms with E-state index >= 15 is 0 Å². The topological polar surface area (TPSA) is 49.7 Å². The normalized spacial score (nSPS) is 10.3. The van der Waals surface area contributed by atoms with Crippen LogP contribution in [0.3, 0.4) is 0 Å². The van der Waals surface area contributed by atoms with E-state index in [0.29, 0.717) is 5.75 Å². The monoisotopic (exact) mass is 264 g/mol. The van der Waals surface area contributed by atoms with Gasteiger partial charge in [-0.15, -0.1) is 0 Å². The fourth-order valence-corrected chi connectivity index (χ4v) is 1.53. The van der Waals surface area contributed by atoms with Crippen molar-refractivity contribution in [1.29, 1.82) is 0 Å². The first-order valence-corrected chi connectivity index (χ1v) is 5.59. The van der Waals surface area contributed by atoms with Crippen LogP contribution in [-0.2, 0) is 6.61 Å². The van der Waals surface area contributed by atoms with Gasteiger partial charge >= 0.3 is 7.12 Å². The number of rotatable bonds is 4. The molecule has 0 bridgehead atoms. The van der Waals surface area contributed by atoms with E-state index in [2.05, 4.69) is 0 Å². The van der Waals surface area contributed by atoms with E-state index < -0.39 is 12.9 Å². The molecule has 0 aliphatic carbocycles. The van der Waals surface area contributed by atoms with Crippen LogP contribution in [0.15, 0.2) is 42.5 Å². The standard InChI is InChI=1S/C13H11BF2O3/c15-11-3-5-12(6-4-11)19-8-9-1-2-10(14(17)18)7-13(9)16/h1-7,17-18H,8H2. The average molecular weight is 264 g/mol. The minimum Gasteiger partial charge on any atom is -0.489 e. The number of benzene rings is 2. The summed E-state index contributed by atoms with van der Waals surface area (Å²) in [5.41, 5.74) is 0.344. The molecule has 2 N–H and O–H groups in total. The van der Waals surface area contributed by atoms with E-state index in [0.717, 1.165) is 6.07 Å². The lowest BCUT2D eigenvalue weighted by Crippen LogP contribution is -2.30. The third-order valence-corrected chi connectivity index (χ3v) is 2.58. The van der Waals surface area contributed by atoms with Crippen molar-refractivity contribution in [2.45, 2.75) is 6.61 Å². The van der Waals surface area contributed by atoms with Gasteiger partial charge in [0, 0.05) is 5.56 Å². The molecule has 0 amide bonds. The second-order valence-electron chi connectivity index (χ2n) is 3.97. The molecule has 0 aliphatic rings. The van der Waals surface area contributed by atoms with Gasteiger partial charge in [0.25, 0.3) is 0 Å². The van der Waals surface area contributed by atoms with E-state index in [4.69, 9.17) is 14.8 Å². The predicted molar refractivity (Wildman–Crippen MR) is 67.0 cm³/mol. The first-order chi connectivity index (χ1) is 9.06. The van der Waals surface area contributed by atoms with Crippen LogP contribution >= 0.6 is 0 Å². The van der Waals surface area contributed by atoms with Gasteiger partial charge in [-0.05, 0) is 35.8 Å². The summed E-state index contributed by atoms with van der Waals surface area (Å²) in [6.45, 7) is -0.0285. The fourth-order valence-electron chi connectivity index (χ4n) is 1.53. The lowest BCUT2D eigenvalue weighted by Gasteiger charge is -2.08. The van der Waals surface area contributed by atoms with Crippen LogP contribution in [0.2, 0.25) is 0 Å². The van der Waals surface area contributed by atoms with Crippen LogP contribution < -0.4 is 10.2 Å². The van der Waals surface area contributed by atoms with Crippen molar-refractivity contribution < 1.29 is 23.6 Å². The van der Waals surface area contributed by atoms with E-state index in [1.165, 1.54) is 36.4 Å². The maximum absolute atomic E-state index is 13.6. The molecular formula is C13H11BF2O3. The molecule has 2 aromatic carbocycles. The molecule has 0 saturated heterocycles. The third kappa shape index (κ3) is 3.53. The van der Waals surface area contributed by atoms with E-state index in [9.17, 15) is 8.78 Å². The smallest absolute Gasteiger partial charge is 0.488 e. The summed E-state index contributed by atoms with van der Waals surface area (Å²) in [6.07, 6.45) is 0. The van der Waals surface area contributed by atoms with Crippen molar-refractivity contribution in [2.24, 2.45) is 0 Å². The second-order valence-corrected chi connectivity index (χ2v) is 3.97. The predicted octanol–water partition coefficient (Wildman–Crippen LogP) is 1.22. The Balaban J connectivity index is 2.05. The molecule has 3 nitrogen and oxygen atoms in total. The molecule has 98 valence electrons. The molecule has 2 aromatic rings. The van der Waals surface area contributed by atoms with Gasteiger partial charge in [0.2, 0.25) is 0 Å². The van der Waals surface area contributed by atoms with Crippen molar-refractivity contribution in [3.05, 3.63) is 59.7 Å². The van der Waals surface area contributed by atoms with Crippen LogP contribution in [0.4, 0.5) is 8.78 Å². The van der Waals surface area contributed by atoms with Crippen LogP contribution in [0.5, 0.6) is 5.75 Å². The van der Waals surface area contributed by atoms with Crippen molar-refractivity contribution in [3.8, 4) is 5.75 Å². The first-order valence-electron chi connectivity index (χ1n) is 5.59. The number of ether oxygens (including phenoxy) is 1. The molecule has 0 fully saturated rings. The minimum atomic E-state index is -1.71. The molecule has 2 rings (SSSR count). The van der Waals surface area contributed by atoms with Crippen molar-refractivity contribution in [3.63, 3.8) is 0 Å². The molecule has 0 radical (unpaired) electrons. The molecule has 0 aliphatic heterocycles.